The zero-order valence-electron chi connectivity index (χ0n) is 9.93. The molecule has 0 aromatic heterocycles. The van der Waals surface area contributed by atoms with Crippen LogP contribution in [0.2, 0.25) is 0 Å². The third kappa shape index (κ3) is 3.46. The number of sulfone groups is 1. The molecule has 3 N–H and O–H groups in total. The maximum atomic E-state index is 11.3. The fraction of sp³-hybridized carbons (Fsp3) is 0.417. The minimum Gasteiger partial charge on any atom is -0.489 e. The van der Waals surface area contributed by atoms with Gasteiger partial charge in [-0.1, -0.05) is 12.1 Å². The third-order valence-corrected chi connectivity index (χ3v) is 4.55. The molecule has 1 aromatic rings. The molecule has 0 aliphatic carbocycles. The van der Waals surface area contributed by atoms with E-state index in [0.717, 1.165) is 5.56 Å². The molecule has 1 aromatic carbocycles. The van der Waals surface area contributed by atoms with Crippen molar-refractivity contribution in [3.8, 4) is 5.75 Å². The summed E-state index contributed by atoms with van der Waals surface area (Å²) in [6.07, 6.45) is 0.726. The van der Waals surface area contributed by atoms with Crippen molar-refractivity contribution in [3.63, 3.8) is 0 Å². The number of rotatable bonds is 4. The SMILES string of the molecule is N=C(N)Cc1ccc(OC2CCS(=O)(=O)C2)cc1. The van der Waals surface area contributed by atoms with E-state index in [4.69, 9.17) is 15.9 Å². The van der Waals surface area contributed by atoms with Crippen LogP contribution < -0.4 is 10.5 Å². The van der Waals surface area contributed by atoms with Gasteiger partial charge in [0.05, 0.1) is 17.3 Å². The van der Waals surface area contributed by atoms with E-state index in [1.54, 1.807) is 12.1 Å². The van der Waals surface area contributed by atoms with Crippen LogP contribution in [0.1, 0.15) is 12.0 Å². The van der Waals surface area contributed by atoms with Crippen LogP contribution in [0.25, 0.3) is 0 Å². The van der Waals surface area contributed by atoms with Crippen LogP contribution in [0.4, 0.5) is 0 Å². The average Bonchev–Trinajstić information content (AvgIpc) is 2.60. The van der Waals surface area contributed by atoms with Gasteiger partial charge < -0.3 is 10.5 Å². The van der Waals surface area contributed by atoms with Gasteiger partial charge >= 0.3 is 0 Å². The smallest absolute Gasteiger partial charge is 0.154 e. The Balaban J connectivity index is 1.97. The van der Waals surface area contributed by atoms with Crippen molar-refractivity contribution in [2.75, 3.05) is 11.5 Å². The lowest BCUT2D eigenvalue weighted by Crippen LogP contribution is -2.17. The average molecular weight is 268 g/mol. The Bertz CT molecular complexity index is 537. The summed E-state index contributed by atoms with van der Waals surface area (Å²) in [4.78, 5) is 0. The Morgan fingerprint density at radius 2 is 2.06 bits per heavy atom. The van der Waals surface area contributed by atoms with Crippen molar-refractivity contribution >= 4 is 15.7 Å². The van der Waals surface area contributed by atoms with E-state index < -0.39 is 9.84 Å². The van der Waals surface area contributed by atoms with Crippen LogP contribution >= 0.6 is 0 Å². The van der Waals surface area contributed by atoms with Gasteiger partial charge in [0, 0.05) is 6.42 Å². The summed E-state index contributed by atoms with van der Waals surface area (Å²) in [5.41, 5.74) is 6.25. The molecule has 6 heteroatoms. The summed E-state index contributed by atoms with van der Waals surface area (Å²) < 4.78 is 28.2. The van der Waals surface area contributed by atoms with Crippen LogP contribution in [0.3, 0.4) is 0 Å². The highest BCUT2D eigenvalue weighted by atomic mass is 32.2. The largest absolute Gasteiger partial charge is 0.489 e. The van der Waals surface area contributed by atoms with Gasteiger partial charge in [0.1, 0.15) is 11.9 Å². The van der Waals surface area contributed by atoms with Crippen molar-refractivity contribution in [1.29, 1.82) is 5.41 Å². The molecule has 1 saturated heterocycles. The molecule has 0 spiro atoms. The monoisotopic (exact) mass is 268 g/mol. The highest BCUT2D eigenvalue weighted by Crippen LogP contribution is 2.20. The second kappa shape index (κ2) is 4.97. The van der Waals surface area contributed by atoms with Crippen molar-refractivity contribution in [3.05, 3.63) is 29.8 Å². The number of hydrogen-bond donors (Lipinski definition) is 2. The summed E-state index contributed by atoms with van der Waals surface area (Å²) >= 11 is 0. The molecule has 0 radical (unpaired) electrons. The topological polar surface area (TPSA) is 93.2 Å². The Morgan fingerprint density at radius 3 is 2.56 bits per heavy atom. The molecule has 0 saturated carbocycles. The number of hydrogen-bond acceptors (Lipinski definition) is 4. The Labute approximate surface area is 106 Å². The maximum Gasteiger partial charge on any atom is 0.154 e. The zero-order chi connectivity index (χ0) is 13.2. The first-order chi connectivity index (χ1) is 8.44. The van der Waals surface area contributed by atoms with Gasteiger partial charge in [-0.05, 0) is 24.1 Å². The molecule has 1 fully saturated rings. The molecule has 0 amide bonds. The number of ether oxygens (including phenoxy) is 1. The van der Waals surface area contributed by atoms with Crippen LogP contribution in [0.15, 0.2) is 24.3 Å². The maximum absolute atomic E-state index is 11.3. The molecule has 0 bridgehead atoms. The molecule has 98 valence electrons. The van der Waals surface area contributed by atoms with E-state index in [0.29, 0.717) is 18.6 Å². The minimum absolute atomic E-state index is 0.0994. The van der Waals surface area contributed by atoms with Crippen LogP contribution in [-0.2, 0) is 16.3 Å². The first kappa shape index (κ1) is 12.9. The second-order valence-corrected chi connectivity index (χ2v) is 6.72. The van der Waals surface area contributed by atoms with Gasteiger partial charge in [0.15, 0.2) is 9.84 Å². The van der Waals surface area contributed by atoms with Crippen molar-refractivity contribution < 1.29 is 13.2 Å². The van der Waals surface area contributed by atoms with E-state index in [1.165, 1.54) is 0 Å². The first-order valence-corrected chi connectivity index (χ1v) is 7.56. The summed E-state index contributed by atoms with van der Waals surface area (Å²) in [6.45, 7) is 0. The van der Waals surface area contributed by atoms with Crippen LogP contribution in [0, 0.1) is 5.41 Å². The lowest BCUT2D eigenvalue weighted by atomic mass is 10.1. The molecule has 5 nitrogen and oxygen atoms in total. The Morgan fingerprint density at radius 1 is 1.39 bits per heavy atom. The number of nitrogens with one attached hydrogen (secondary N) is 1. The van der Waals surface area contributed by atoms with E-state index in [2.05, 4.69) is 0 Å². The molecule has 1 unspecified atom stereocenters. The molecule has 1 atom stereocenters. The minimum atomic E-state index is -2.91. The Kier molecular flexibility index (Phi) is 3.56. The summed E-state index contributed by atoms with van der Waals surface area (Å²) in [6, 6.07) is 7.23. The van der Waals surface area contributed by atoms with Crippen molar-refractivity contribution in [2.24, 2.45) is 5.73 Å². The van der Waals surface area contributed by atoms with Gasteiger partial charge in [-0.3, -0.25) is 5.41 Å². The number of nitrogens with two attached hydrogens (primary N) is 1. The lowest BCUT2D eigenvalue weighted by Gasteiger charge is -2.12. The van der Waals surface area contributed by atoms with E-state index in [9.17, 15) is 8.42 Å². The molecule has 1 aliphatic heterocycles. The van der Waals surface area contributed by atoms with E-state index >= 15 is 0 Å². The summed E-state index contributed by atoms with van der Waals surface area (Å²) in [7, 11) is -2.91. The quantitative estimate of drug-likeness (QED) is 0.622. The zero-order valence-corrected chi connectivity index (χ0v) is 10.7. The van der Waals surface area contributed by atoms with Gasteiger partial charge in [-0.2, -0.15) is 0 Å². The predicted octanol–water partition coefficient (Wildman–Crippen LogP) is 0.731. The lowest BCUT2D eigenvalue weighted by molar-refractivity contribution is 0.229. The highest BCUT2D eigenvalue weighted by Gasteiger charge is 2.29. The third-order valence-electron chi connectivity index (χ3n) is 2.81. The normalized spacial score (nSPS) is 21.7. The van der Waals surface area contributed by atoms with E-state index in [-0.39, 0.29) is 23.4 Å². The van der Waals surface area contributed by atoms with Crippen LogP contribution in [0.5, 0.6) is 5.75 Å². The molecule has 1 aliphatic rings. The van der Waals surface area contributed by atoms with Crippen molar-refractivity contribution in [2.45, 2.75) is 18.9 Å². The highest BCUT2D eigenvalue weighted by molar-refractivity contribution is 7.91. The predicted molar refractivity (Wildman–Crippen MR) is 69.7 cm³/mol. The number of benzene rings is 1. The molecule has 2 rings (SSSR count). The van der Waals surface area contributed by atoms with E-state index in [1.807, 2.05) is 12.1 Å². The summed E-state index contributed by atoms with van der Waals surface area (Å²) in [5, 5.41) is 7.19. The molecular weight excluding hydrogens is 252 g/mol. The van der Waals surface area contributed by atoms with Crippen molar-refractivity contribution in [1.82, 2.24) is 0 Å². The standard InChI is InChI=1S/C12H16N2O3S/c13-12(14)7-9-1-3-10(4-2-9)17-11-5-6-18(15,16)8-11/h1-4,11H,5-8H2,(H3,13,14). The summed E-state index contributed by atoms with van der Waals surface area (Å²) in [5.74, 6) is 1.08. The number of amidine groups is 1. The van der Waals surface area contributed by atoms with Gasteiger partial charge in [0.2, 0.25) is 0 Å². The van der Waals surface area contributed by atoms with Gasteiger partial charge in [-0.25, -0.2) is 8.42 Å². The van der Waals surface area contributed by atoms with Gasteiger partial charge in [-0.15, -0.1) is 0 Å². The Hall–Kier alpha value is -1.56. The fourth-order valence-corrected chi connectivity index (χ4v) is 3.54. The van der Waals surface area contributed by atoms with Gasteiger partial charge in [0.25, 0.3) is 0 Å². The fourth-order valence-electron chi connectivity index (χ4n) is 1.95. The first-order valence-electron chi connectivity index (χ1n) is 5.73. The molecular formula is C12H16N2O3S. The molecule has 1 heterocycles. The molecule has 18 heavy (non-hydrogen) atoms. The van der Waals surface area contributed by atoms with Crippen LogP contribution in [-0.4, -0.2) is 31.9 Å². The second-order valence-electron chi connectivity index (χ2n) is 4.49.